The highest BCUT2D eigenvalue weighted by Crippen LogP contribution is 2.14. The minimum atomic E-state index is -0.619. The second-order valence-electron chi connectivity index (χ2n) is 2.80. The van der Waals surface area contributed by atoms with Crippen molar-refractivity contribution in [1.29, 1.82) is 0 Å². The molecule has 0 aromatic rings. The summed E-state index contributed by atoms with van der Waals surface area (Å²) in [6.45, 7) is 11.1. The molecular weight excluding hydrogens is 172 g/mol. The number of hydrogen-bond donors (Lipinski definition) is 1. The molecule has 0 spiro atoms. The van der Waals surface area contributed by atoms with E-state index in [2.05, 4.69) is 13.2 Å². The second kappa shape index (κ2) is 7.10. The van der Waals surface area contributed by atoms with E-state index in [1.807, 2.05) is 32.1 Å². The van der Waals surface area contributed by atoms with Gasteiger partial charge >= 0.3 is 0 Å². The van der Waals surface area contributed by atoms with E-state index in [1.54, 1.807) is 18.2 Å². The van der Waals surface area contributed by atoms with Crippen molar-refractivity contribution in [3.05, 3.63) is 60.8 Å². The molecule has 0 amide bonds. The van der Waals surface area contributed by atoms with Crippen LogP contribution in [-0.4, -0.2) is 11.2 Å². The molecule has 0 aliphatic carbocycles. The molecule has 0 fully saturated rings. The molecule has 0 aliphatic heterocycles. The molecule has 0 aromatic carbocycles. The molecule has 0 saturated heterocycles. The fourth-order valence-electron chi connectivity index (χ4n) is 1.14. The molecule has 14 heavy (non-hydrogen) atoms. The van der Waals surface area contributed by atoms with Crippen molar-refractivity contribution < 1.29 is 5.11 Å². The Morgan fingerprint density at radius 3 is 2.21 bits per heavy atom. The maximum Gasteiger partial charge on any atom is 0.104 e. The lowest BCUT2D eigenvalue weighted by molar-refractivity contribution is 0.254. The lowest BCUT2D eigenvalue weighted by Crippen LogP contribution is -2.10. The van der Waals surface area contributed by atoms with Crippen LogP contribution >= 0.6 is 0 Å². The third kappa shape index (κ3) is 3.58. The maximum absolute atomic E-state index is 9.92. The first-order valence-corrected chi connectivity index (χ1v) is 4.63. The first kappa shape index (κ1) is 12.7. The maximum atomic E-state index is 9.92. The Morgan fingerprint density at radius 1 is 1.21 bits per heavy atom. The van der Waals surface area contributed by atoms with Gasteiger partial charge in [-0.3, -0.25) is 0 Å². The van der Waals surface area contributed by atoms with Crippen molar-refractivity contribution in [1.82, 2.24) is 0 Å². The molecule has 0 saturated carbocycles. The van der Waals surface area contributed by atoms with Gasteiger partial charge in [0.2, 0.25) is 0 Å². The summed E-state index contributed by atoms with van der Waals surface area (Å²) in [5.41, 5.74) is 1.62. The first-order chi connectivity index (χ1) is 6.71. The van der Waals surface area contributed by atoms with E-state index in [1.165, 1.54) is 0 Å². The van der Waals surface area contributed by atoms with E-state index in [4.69, 9.17) is 0 Å². The minimum absolute atomic E-state index is 0.619. The van der Waals surface area contributed by atoms with E-state index >= 15 is 0 Å². The van der Waals surface area contributed by atoms with Crippen LogP contribution in [0.15, 0.2) is 60.8 Å². The monoisotopic (exact) mass is 190 g/mol. The van der Waals surface area contributed by atoms with Gasteiger partial charge in [0.25, 0.3) is 0 Å². The highest BCUT2D eigenvalue weighted by atomic mass is 16.3. The van der Waals surface area contributed by atoms with Crippen LogP contribution in [0.2, 0.25) is 0 Å². The number of hydrogen-bond acceptors (Lipinski definition) is 1. The fourth-order valence-corrected chi connectivity index (χ4v) is 1.14. The van der Waals surface area contributed by atoms with Crippen LogP contribution in [0.5, 0.6) is 0 Å². The van der Waals surface area contributed by atoms with Gasteiger partial charge in [0.1, 0.15) is 6.10 Å². The Bertz CT molecular complexity index is 280. The third-order valence-corrected chi connectivity index (χ3v) is 1.87. The normalized spacial score (nSPS) is 15.6. The molecule has 0 heterocycles. The summed E-state index contributed by atoms with van der Waals surface area (Å²) in [4.78, 5) is 0. The zero-order valence-corrected chi connectivity index (χ0v) is 8.90. The van der Waals surface area contributed by atoms with E-state index in [9.17, 15) is 5.11 Å². The van der Waals surface area contributed by atoms with Crippen molar-refractivity contribution in [3.63, 3.8) is 0 Å². The Labute approximate surface area is 86.5 Å². The van der Waals surface area contributed by atoms with Crippen molar-refractivity contribution in [2.75, 3.05) is 0 Å². The summed E-state index contributed by atoms with van der Waals surface area (Å²) < 4.78 is 0. The van der Waals surface area contributed by atoms with Gasteiger partial charge in [0, 0.05) is 0 Å². The van der Waals surface area contributed by atoms with Gasteiger partial charge in [-0.05, 0) is 25.0 Å². The zero-order chi connectivity index (χ0) is 11.0. The van der Waals surface area contributed by atoms with E-state index in [0.717, 1.165) is 11.1 Å². The van der Waals surface area contributed by atoms with Crippen molar-refractivity contribution in [2.24, 2.45) is 0 Å². The largest absolute Gasteiger partial charge is 0.384 e. The minimum Gasteiger partial charge on any atom is -0.384 e. The smallest absolute Gasteiger partial charge is 0.104 e. The number of aliphatic hydroxyl groups is 1. The van der Waals surface area contributed by atoms with Crippen LogP contribution in [0.4, 0.5) is 0 Å². The Hall–Kier alpha value is -1.34. The van der Waals surface area contributed by atoms with Crippen LogP contribution in [0.1, 0.15) is 13.8 Å². The average Bonchev–Trinajstić information content (AvgIpc) is 2.21. The first-order valence-electron chi connectivity index (χ1n) is 4.63. The van der Waals surface area contributed by atoms with E-state index < -0.39 is 6.10 Å². The molecule has 0 rings (SSSR count). The van der Waals surface area contributed by atoms with Gasteiger partial charge in [0.15, 0.2) is 0 Å². The zero-order valence-electron chi connectivity index (χ0n) is 8.90. The summed E-state index contributed by atoms with van der Waals surface area (Å²) in [5, 5.41) is 9.92. The predicted molar refractivity (Wildman–Crippen MR) is 63.1 cm³/mol. The quantitative estimate of drug-likeness (QED) is 0.660. The van der Waals surface area contributed by atoms with E-state index in [0.29, 0.717) is 0 Å². The van der Waals surface area contributed by atoms with Crippen LogP contribution in [0, 0.1) is 0 Å². The van der Waals surface area contributed by atoms with Gasteiger partial charge in [-0.2, -0.15) is 0 Å². The summed E-state index contributed by atoms with van der Waals surface area (Å²) in [7, 11) is 0. The van der Waals surface area contributed by atoms with Crippen LogP contribution < -0.4 is 0 Å². The number of aliphatic hydroxyl groups excluding tert-OH is 1. The Kier molecular flexibility index (Phi) is 6.42. The molecule has 1 unspecified atom stereocenters. The van der Waals surface area contributed by atoms with Gasteiger partial charge in [0.05, 0.1) is 0 Å². The highest BCUT2D eigenvalue weighted by Gasteiger charge is 2.09. The molecule has 0 radical (unpaired) electrons. The topological polar surface area (TPSA) is 20.2 Å². The molecule has 0 aliphatic rings. The average molecular weight is 190 g/mol. The van der Waals surface area contributed by atoms with Crippen LogP contribution in [0.3, 0.4) is 0 Å². The number of rotatable bonds is 5. The Balaban J connectivity index is 4.89. The summed E-state index contributed by atoms with van der Waals surface area (Å²) in [5.74, 6) is 0. The van der Waals surface area contributed by atoms with Gasteiger partial charge < -0.3 is 5.11 Å². The van der Waals surface area contributed by atoms with Crippen molar-refractivity contribution >= 4 is 0 Å². The molecule has 1 atom stereocenters. The summed E-state index contributed by atoms with van der Waals surface area (Å²) >= 11 is 0. The second-order valence-corrected chi connectivity index (χ2v) is 2.80. The summed E-state index contributed by atoms with van der Waals surface area (Å²) in [6, 6.07) is 0. The van der Waals surface area contributed by atoms with Crippen molar-refractivity contribution in [2.45, 2.75) is 20.0 Å². The Morgan fingerprint density at radius 2 is 1.86 bits per heavy atom. The molecule has 1 nitrogen and oxygen atoms in total. The van der Waals surface area contributed by atoms with Crippen molar-refractivity contribution in [3.8, 4) is 0 Å². The van der Waals surface area contributed by atoms with Crippen LogP contribution in [0.25, 0.3) is 0 Å². The van der Waals surface area contributed by atoms with Gasteiger partial charge in [-0.15, -0.1) is 0 Å². The van der Waals surface area contributed by atoms with Gasteiger partial charge in [-0.1, -0.05) is 49.6 Å². The third-order valence-electron chi connectivity index (χ3n) is 1.87. The molecule has 0 aromatic heterocycles. The standard InChI is InChI=1S/C13H18O/c1-5-9-11(7-3)13(14)12(8-4)10-6-2/h5-10,13-14H,1,3H2,2,4H3/b10-6-,11-9+,12-8+. The molecule has 0 bridgehead atoms. The molecular formula is C13H18O. The predicted octanol–water partition coefficient (Wildman–Crippen LogP) is 3.17. The highest BCUT2D eigenvalue weighted by molar-refractivity contribution is 5.37. The van der Waals surface area contributed by atoms with Crippen LogP contribution in [-0.2, 0) is 0 Å². The molecule has 76 valence electrons. The summed E-state index contributed by atoms with van der Waals surface area (Å²) in [6.07, 6.45) is 10.1. The fraction of sp³-hybridized carbons (Fsp3) is 0.231. The molecule has 1 heteroatoms. The molecule has 1 N–H and O–H groups in total. The number of allylic oxidation sites excluding steroid dienone is 4. The van der Waals surface area contributed by atoms with E-state index in [-0.39, 0.29) is 0 Å². The lowest BCUT2D eigenvalue weighted by atomic mass is 10.0. The lowest BCUT2D eigenvalue weighted by Gasteiger charge is -2.12. The van der Waals surface area contributed by atoms with Gasteiger partial charge in [-0.25, -0.2) is 0 Å². The SMILES string of the molecule is C=C/C=C(\C=C)C(O)C(/C=C\C)=C/C.